The molecule has 2 heterocycles. The van der Waals surface area contributed by atoms with Crippen LogP contribution in [0, 0.1) is 11.3 Å². The number of esters is 1. The summed E-state index contributed by atoms with van der Waals surface area (Å²) in [6.45, 7) is 5.24. The highest BCUT2D eigenvalue weighted by Crippen LogP contribution is 2.32. The summed E-state index contributed by atoms with van der Waals surface area (Å²) < 4.78 is 16.3. The first-order valence-electron chi connectivity index (χ1n) is 12.2. The van der Waals surface area contributed by atoms with Crippen molar-refractivity contribution >= 4 is 23.4 Å². The van der Waals surface area contributed by atoms with Crippen LogP contribution in [0.25, 0.3) is 0 Å². The highest BCUT2D eigenvalue weighted by molar-refractivity contribution is 6.05. The summed E-state index contributed by atoms with van der Waals surface area (Å²) in [5, 5.41) is 11.4. The Morgan fingerprint density at radius 1 is 1.09 bits per heavy atom. The van der Waals surface area contributed by atoms with Gasteiger partial charge in [0.15, 0.2) is 0 Å². The summed E-state index contributed by atoms with van der Waals surface area (Å²) in [7, 11) is 0. The van der Waals surface area contributed by atoms with Crippen molar-refractivity contribution in [3.8, 4) is 5.75 Å². The summed E-state index contributed by atoms with van der Waals surface area (Å²) in [4.78, 5) is 25.7. The van der Waals surface area contributed by atoms with Gasteiger partial charge in [-0.2, -0.15) is 0 Å². The molecule has 0 aromatic heterocycles. The molecule has 1 saturated heterocycles. The van der Waals surface area contributed by atoms with E-state index in [0.29, 0.717) is 56.8 Å². The number of carbonyl (C=O) groups excluding carboxylic acids is 2. The van der Waals surface area contributed by atoms with E-state index in [1.54, 1.807) is 12.1 Å². The minimum atomic E-state index is -0.238. The molecule has 2 aromatic rings. The third kappa shape index (κ3) is 6.82. The van der Waals surface area contributed by atoms with Crippen LogP contribution < -0.4 is 10.1 Å². The maximum absolute atomic E-state index is 12.8. The Morgan fingerprint density at radius 2 is 1.83 bits per heavy atom. The zero-order valence-corrected chi connectivity index (χ0v) is 20.2. The second-order valence-corrected chi connectivity index (χ2v) is 9.02. The zero-order chi connectivity index (χ0) is 24.6. The van der Waals surface area contributed by atoms with Crippen molar-refractivity contribution in [2.75, 3.05) is 44.8 Å². The summed E-state index contributed by atoms with van der Waals surface area (Å²) in [5.41, 5.74) is 3.16. The Balaban J connectivity index is 1.30. The van der Waals surface area contributed by atoms with Crippen LogP contribution in [0.5, 0.6) is 5.75 Å². The smallest absolute Gasteiger partial charge is 0.302 e. The van der Waals surface area contributed by atoms with Gasteiger partial charge >= 0.3 is 5.97 Å². The van der Waals surface area contributed by atoms with Crippen LogP contribution in [0.4, 0.5) is 5.69 Å². The summed E-state index contributed by atoms with van der Waals surface area (Å²) in [6.07, 6.45) is 3.73. The standard InChI is InChI=1S/C27H33N3O5/c1-19(31)34-13-3-2-4-20-16-23-17-24(9-10-25(23)35-18-20)29-27(32)22-7-5-21(6-8-22)26(28)30-11-14-33-15-12-30/h5-10,17,20,28H,2-4,11-16,18H2,1H3,(H,29,32). The number of nitrogens with zero attached hydrogens (tertiary/aromatic N) is 1. The number of carbonyl (C=O) groups is 2. The first-order valence-corrected chi connectivity index (χ1v) is 12.2. The molecule has 35 heavy (non-hydrogen) atoms. The van der Waals surface area contributed by atoms with E-state index in [-0.39, 0.29) is 11.9 Å². The number of nitrogens with one attached hydrogen (secondary N) is 2. The molecule has 1 atom stereocenters. The number of unbranched alkanes of at least 4 members (excludes halogenated alkanes) is 1. The van der Waals surface area contributed by atoms with Crippen molar-refractivity contribution in [1.29, 1.82) is 5.41 Å². The van der Waals surface area contributed by atoms with E-state index in [4.69, 9.17) is 19.6 Å². The molecule has 2 aliphatic heterocycles. The lowest BCUT2D eigenvalue weighted by molar-refractivity contribution is -0.141. The van der Waals surface area contributed by atoms with Gasteiger partial charge in [-0.3, -0.25) is 15.0 Å². The lowest BCUT2D eigenvalue weighted by atomic mass is 9.92. The molecule has 8 nitrogen and oxygen atoms in total. The molecule has 2 N–H and O–H groups in total. The molecule has 0 bridgehead atoms. The topological polar surface area (TPSA) is 101 Å². The molecule has 2 aliphatic rings. The van der Waals surface area contributed by atoms with Gasteiger partial charge in [-0.25, -0.2) is 0 Å². The number of amidine groups is 1. The molecule has 186 valence electrons. The van der Waals surface area contributed by atoms with Crippen LogP contribution in [0.15, 0.2) is 42.5 Å². The molecule has 0 aliphatic carbocycles. The van der Waals surface area contributed by atoms with Crippen LogP contribution in [-0.2, 0) is 20.7 Å². The first kappa shape index (κ1) is 24.7. The van der Waals surface area contributed by atoms with Crippen LogP contribution in [-0.4, -0.2) is 62.1 Å². The van der Waals surface area contributed by atoms with E-state index in [9.17, 15) is 9.59 Å². The highest BCUT2D eigenvalue weighted by atomic mass is 16.5. The van der Waals surface area contributed by atoms with Crippen LogP contribution >= 0.6 is 0 Å². The van der Waals surface area contributed by atoms with Gasteiger partial charge < -0.3 is 24.4 Å². The van der Waals surface area contributed by atoms with E-state index in [2.05, 4.69) is 5.32 Å². The van der Waals surface area contributed by atoms with Gasteiger partial charge in [-0.1, -0.05) is 12.1 Å². The number of anilines is 1. The van der Waals surface area contributed by atoms with E-state index >= 15 is 0 Å². The fourth-order valence-electron chi connectivity index (χ4n) is 4.42. The lowest BCUT2D eigenvalue weighted by Crippen LogP contribution is -2.40. The molecule has 4 rings (SSSR count). The fourth-order valence-corrected chi connectivity index (χ4v) is 4.42. The number of fused-ring (bicyclic) bond motifs is 1. The van der Waals surface area contributed by atoms with Crippen molar-refractivity contribution in [3.05, 3.63) is 59.2 Å². The van der Waals surface area contributed by atoms with Crippen molar-refractivity contribution in [1.82, 2.24) is 4.90 Å². The Kier molecular flexibility index (Phi) is 8.36. The molecular weight excluding hydrogens is 446 g/mol. The molecule has 0 spiro atoms. The monoisotopic (exact) mass is 479 g/mol. The average molecular weight is 480 g/mol. The Labute approximate surface area is 206 Å². The number of hydrogen-bond acceptors (Lipinski definition) is 6. The largest absolute Gasteiger partial charge is 0.493 e. The van der Waals surface area contributed by atoms with Crippen molar-refractivity contribution in [3.63, 3.8) is 0 Å². The van der Waals surface area contributed by atoms with E-state index in [1.165, 1.54) is 6.92 Å². The van der Waals surface area contributed by atoms with Gasteiger partial charge in [0.2, 0.25) is 0 Å². The summed E-state index contributed by atoms with van der Waals surface area (Å²) in [6, 6.07) is 12.9. The fraction of sp³-hybridized carbons (Fsp3) is 0.444. The molecule has 8 heteroatoms. The normalized spacial score (nSPS) is 17.2. The van der Waals surface area contributed by atoms with Crippen LogP contribution in [0.3, 0.4) is 0 Å². The Hall–Kier alpha value is -3.39. The predicted octanol–water partition coefficient (Wildman–Crippen LogP) is 3.88. The van der Waals surface area contributed by atoms with E-state index in [1.807, 2.05) is 35.2 Å². The van der Waals surface area contributed by atoms with E-state index in [0.717, 1.165) is 48.2 Å². The molecule has 1 amide bonds. The number of ether oxygens (including phenoxy) is 3. The maximum Gasteiger partial charge on any atom is 0.302 e. The molecule has 0 radical (unpaired) electrons. The minimum Gasteiger partial charge on any atom is -0.493 e. The molecule has 2 aromatic carbocycles. The van der Waals surface area contributed by atoms with Gasteiger partial charge in [0.05, 0.1) is 26.4 Å². The molecular formula is C27H33N3O5. The lowest BCUT2D eigenvalue weighted by Gasteiger charge is -2.29. The van der Waals surface area contributed by atoms with E-state index < -0.39 is 0 Å². The van der Waals surface area contributed by atoms with Gasteiger partial charge in [-0.15, -0.1) is 0 Å². The zero-order valence-electron chi connectivity index (χ0n) is 20.2. The second kappa shape index (κ2) is 11.8. The number of rotatable bonds is 8. The van der Waals surface area contributed by atoms with Crippen LogP contribution in [0.2, 0.25) is 0 Å². The van der Waals surface area contributed by atoms with Gasteiger partial charge in [0.25, 0.3) is 5.91 Å². The Morgan fingerprint density at radius 3 is 2.57 bits per heavy atom. The third-order valence-electron chi connectivity index (χ3n) is 6.36. The number of morpholine rings is 1. The number of benzene rings is 2. The van der Waals surface area contributed by atoms with Crippen LogP contribution in [0.1, 0.15) is 47.7 Å². The number of hydrogen-bond donors (Lipinski definition) is 2. The average Bonchev–Trinajstić information content (AvgIpc) is 2.88. The molecule has 0 saturated carbocycles. The maximum atomic E-state index is 12.8. The van der Waals surface area contributed by atoms with Crippen molar-refractivity contribution < 1.29 is 23.8 Å². The quantitative estimate of drug-likeness (QED) is 0.258. The molecule has 1 fully saturated rings. The highest BCUT2D eigenvalue weighted by Gasteiger charge is 2.21. The minimum absolute atomic E-state index is 0.187. The summed E-state index contributed by atoms with van der Waals surface area (Å²) >= 11 is 0. The SMILES string of the molecule is CC(=O)OCCCCC1COc2ccc(NC(=O)c3ccc(C(=N)N4CCOCC4)cc3)cc2C1. The van der Waals surface area contributed by atoms with Crippen molar-refractivity contribution in [2.45, 2.75) is 32.6 Å². The molecule has 1 unspecified atom stereocenters. The first-order chi connectivity index (χ1) is 17.0. The summed E-state index contributed by atoms with van der Waals surface area (Å²) in [5.74, 6) is 1.30. The van der Waals surface area contributed by atoms with Gasteiger partial charge in [0, 0.05) is 36.8 Å². The van der Waals surface area contributed by atoms with Gasteiger partial charge in [0.1, 0.15) is 11.6 Å². The second-order valence-electron chi connectivity index (χ2n) is 9.02. The van der Waals surface area contributed by atoms with Gasteiger partial charge in [-0.05, 0) is 67.5 Å². The number of amides is 1. The third-order valence-corrected chi connectivity index (χ3v) is 6.36. The van der Waals surface area contributed by atoms with Crippen molar-refractivity contribution in [2.24, 2.45) is 5.92 Å². The predicted molar refractivity (Wildman–Crippen MR) is 133 cm³/mol. The Bertz CT molecular complexity index is 1050.